The normalized spacial score (nSPS) is 13.8. The van der Waals surface area contributed by atoms with Crippen LogP contribution >= 0.6 is 0 Å². The monoisotopic (exact) mass is 507 g/mol. The van der Waals surface area contributed by atoms with Crippen LogP contribution in [0.3, 0.4) is 0 Å². The van der Waals surface area contributed by atoms with E-state index in [-0.39, 0.29) is 6.42 Å². The van der Waals surface area contributed by atoms with Crippen molar-refractivity contribution in [2.24, 2.45) is 11.5 Å². The summed E-state index contributed by atoms with van der Waals surface area (Å²) in [6, 6.07) is 5.57. The summed E-state index contributed by atoms with van der Waals surface area (Å²) in [5.41, 5.74) is 13.6. The molecule has 1 aromatic carbocycles. The minimum absolute atomic E-state index is 0.0113. The van der Waals surface area contributed by atoms with Crippen LogP contribution in [0.5, 0.6) is 0 Å². The number of hydrogen-bond donors (Lipinski definition) is 5. The molecule has 0 saturated carbocycles. The quantitative estimate of drug-likeness (QED) is 0.172. The minimum Gasteiger partial charge on any atom is -0.480 e. The highest BCUT2D eigenvalue weighted by Crippen LogP contribution is 2.26. The largest absolute Gasteiger partial charge is 0.480 e. The number of nitrogens with zero attached hydrogens (tertiary/aromatic N) is 2. The zero-order valence-corrected chi connectivity index (χ0v) is 21.0. The van der Waals surface area contributed by atoms with Crippen molar-refractivity contribution >= 4 is 18.0 Å². The molecular weight excluding hydrogens is 470 g/mol. The van der Waals surface area contributed by atoms with Crippen molar-refractivity contribution in [1.82, 2.24) is 10.5 Å². The van der Waals surface area contributed by atoms with Gasteiger partial charge >= 0.3 is 18.0 Å². The Bertz CT molecular complexity index is 896. The molecule has 0 aromatic heterocycles. The number of carbonyl (C=O) groups is 3. The van der Waals surface area contributed by atoms with Crippen molar-refractivity contribution < 1.29 is 34.3 Å². The highest BCUT2D eigenvalue weighted by atomic mass is 16.8. The Balaban J connectivity index is 3.28. The maximum atomic E-state index is 12.9. The molecule has 1 aromatic rings. The summed E-state index contributed by atoms with van der Waals surface area (Å²) in [6.45, 7) is 5.47. The average Bonchev–Trinajstić information content (AvgIpc) is 2.80. The van der Waals surface area contributed by atoms with Crippen LogP contribution in [0.1, 0.15) is 69.9 Å². The Kier molecular flexibility index (Phi) is 12.8. The fourth-order valence-corrected chi connectivity index (χ4v) is 3.44. The van der Waals surface area contributed by atoms with Gasteiger partial charge in [0, 0.05) is 5.92 Å². The lowest BCUT2D eigenvalue weighted by molar-refractivity contribution is -0.229. The van der Waals surface area contributed by atoms with Gasteiger partial charge in [0.15, 0.2) is 6.04 Å². The maximum absolute atomic E-state index is 12.9. The van der Waals surface area contributed by atoms with Crippen molar-refractivity contribution in [3.63, 3.8) is 0 Å². The van der Waals surface area contributed by atoms with Crippen LogP contribution in [0, 0.1) is 11.3 Å². The van der Waals surface area contributed by atoms with E-state index in [0.717, 1.165) is 0 Å². The first-order valence-corrected chi connectivity index (χ1v) is 11.8. The lowest BCUT2D eigenvalue weighted by atomic mass is 9.87. The number of aliphatic carboxylic acids is 2. The van der Waals surface area contributed by atoms with E-state index in [1.165, 1.54) is 0 Å². The number of amides is 1. The molecule has 0 bridgehead atoms. The molecule has 0 heterocycles. The van der Waals surface area contributed by atoms with Gasteiger partial charge in [-0.05, 0) is 83.7 Å². The number of ether oxygens (including phenoxy) is 1. The second kappa shape index (κ2) is 15.0. The summed E-state index contributed by atoms with van der Waals surface area (Å²) in [6.07, 6.45) is 0.678. The smallest absolute Gasteiger partial charge is 0.436 e. The molecule has 3 atom stereocenters. The molecule has 0 aliphatic carbocycles. The predicted octanol–water partition coefficient (Wildman–Crippen LogP) is 2.09. The van der Waals surface area contributed by atoms with Crippen LogP contribution < -0.4 is 16.9 Å². The van der Waals surface area contributed by atoms with Crippen LogP contribution in [-0.4, -0.2) is 64.1 Å². The number of benzene rings is 1. The topological polar surface area (TPSA) is 201 Å². The number of nitriles is 1. The Labute approximate surface area is 211 Å². The number of hydrogen-bond acceptors (Lipinski definition) is 9. The standard InChI is InChI=1S/C24H37N5O7/c1-24(2,3)35-23(34)29(19(21(30)31)8-4-5-13-25)36-28-20(22(32)33)18(7-6-14-26)17-11-9-16(15-27)10-12-17/h9-12,18-20,28H,4-8,13-14,25-26H2,1-3H3,(H,30,31)(H,32,33)/t18?,19-,20-/m0/s1. The number of carboxylic acid groups (broad SMARTS) is 2. The number of hydroxylamine groups is 3. The Morgan fingerprint density at radius 1 is 1.03 bits per heavy atom. The Morgan fingerprint density at radius 2 is 1.64 bits per heavy atom. The number of unbranched alkanes of at least 4 members (excludes halogenated alkanes) is 1. The molecule has 12 nitrogen and oxygen atoms in total. The molecule has 0 radical (unpaired) electrons. The Morgan fingerprint density at radius 3 is 2.11 bits per heavy atom. The van der Waals surface area contributed by atoms with Crippen LogP contribution in [0.4, 0.5) is 4.79 Å². The molecule has 36 heavy (non-hydrogen) atoms. The van der Waals surface area contributed by atoms with Gasteiger partial charge in [0.05, 0.1) is 11.6 Å². The van der Waals surface area contributed by atoms with E-state index in [2.05, 4.69) is 5.48 Å². The third kappa shape index (κ3) is 10.2. The number of nitrogens with two attached hydrogens (primary N) is 2. The lowest BCUT2D eigenvalue weighted by Crippen LogP contribution is -2.53. The minimum atomic E-state index is -1.45. The van der Waals surface area contributed by atoms with E-state index in [4.69, 9.17) is 26.4 Å². The molecule has 12 heteroatoms. The third-order valence-corrected chi connectivity index (χ3v) is 5.21. The zero-order valence-electron chi connectivity index (χ0n) is 21.0. The van der Waals surface area contributed by atoms with Crippen molar-refractivity contribution in [2.45, 2.75) is 76.5 Å². The summed E-state index contributed by atoms with van der Waals surface area (Å²) >= 11 is 0. The van der Waals surface area contributed by atoms with Crippen LogP contribution in [-0.2, 0) is 19.3 Å². The van der Waals surface area contributed by atoms with Gasteiger partial charge in [-0.15, -0.1) is 0 Å². The van der Waals surface area contributed by atoms with Gasteiger partial charge < -0.3 is 26.4 Å². The van der Waals surface area contributed by atoms with E-state index in [9.17, 15) is 24.6 Å². The lowest BCUT2D eigenvalue weighted by Gasteiger charge is -2.32. The van der Waals surface area contributed by atoms with E-state index >= 15 is 0 Å². The fraction of sp³-hybridized carbons (Fsp3) is 0.583. The number of nitrogens with one attached hydrogen (secondary N) is 1. The van der Waals surface area contributed by atoms with Gasteiger partial charge in [-0.25, -0.2) is 9.59 Å². The maximum Gasteiger partial charge on any atom is 0.436 e. The Hall–Kier alpha value is -3.24. The zero-order chi connectivity index (χ0) is 27.3. The van der Waals surface area contributed by atoms with Crippen LogP contribution in [0.2, 0.25) is 0 Å². The summed E-state index contributed by atoms with van der Waals surface area (Å²) in [4.78, 5) is 42.5. The van der Waals surface area contributed by atoms with Crippen molar-refractivity contribution in [3.8, 4) is 6.07 Å². The summed E-state index contributed by atoms with van der Waals surface area (Å²) in [5, 5.41) is 29.3. The van der Waals surface area contributed by atoms with Gasteiger partial charge in [-0.2, -0.15) is 20.7 Å². The van der Waals surface area contributed by atoms with Crippen molar-refractivity contribution in [1.29, 1.82) is 5.26 Å². The molecule has 7 N–H and O–H groups in total. The van der Waals surface area contributed by atoms with E-state index in [1.807, 2.05) is 6.07 Å². The molecular formula is C24H37N5O7. The van der Waals surface area contributed by atoms with E-state index < -0.39 is 41.6 Å². The second-order valence-corrected chi connectivity index (χ2v) is 9.24. The molecule has 1 unspecified atom stereocenters. The SMILES string of the molecule is CC(C)(C)OC(=O)N(ON[C@H](C(=O)O)C(CCCN)c1ccc(C#N)cc1)[C@@H](CCCCN)C(=O)O. The molecule has 0 fully saturated rings. The van der Waals surface area contributed by atoms with Gasteiger partial charge in [-0.3, -0.25) is 4.79 Å². The fourth-order valence-electron chi connectivity index (χ4n) is 3.44. The van der Waals surface area contributed by atoms with E-state index in [0.29, 0.717) is 55.0 Å². The first kappa shape index (κ1) is 30.8. The van der Waals surface area contributed by atoms with Crippen molar-refractivity contribution in [3.05, 3.63) is 35.4 Å². The highest BCUT2D eigenvalue weighted by molar-refractivity contribution is 5.79. The first-order chi connectivity index (χ1) is 16.9. The van der Waals surface area contributed by atoms with Gasteiger partial charge in [0.1, 0.15) is 11.6 Å². The third-order valence-electron chi connectivity index (χ3n) is 5.21. The summed E-state index contributed by atoms with van der Waals surface area (Å²) in [7, 11) is 0. The van der Waals surface area contributed by atoms with E-state index in [1.54, 1.807) is 45.0 Å². The average molecular weight is 508 g/mol. The molecule has 1 amide bonds. The summed E-state index contributed by atoms with van der Waals surface area (Å²) in [5.74, 6) is -3.31. The van der Waals surface area contributed by atoms with Gasteiger partial charge in [0.2, 0.25) is 0 Å². The number of rotatable bonds is 15. The molecule has 1 rings (SSSR count). The molecule has 0 saturated heterocycles. The number of carbonyl (C=O) groups excluding carboxylic acids is 1. The second-order valence-electron chi connectivity index (χ2n) is 9.24. The first-order valence-electron chi connectivity index (χ1n) is 11.8. The van der Waals surface area contributed by atoms with Crippen LogP contribution in [0.25, 0.3) is 0 Å². The van der Waals surface area contributed by atoms with Gasteiger partial charge in [0.25, 0.3) is 0 Å². The number of carboxylic acids is 2. The van der Waals surface area contributed by atoms with Gasteiger partial charge in [-0.1, -0.05) is 12.1 Å². The predicted molar refractivity (Wildman–Crippen MR) is 130 cm³/mol. The van der Waals surface area contributed by atoms with Crippen LogP contribution in [0.15, 0.2) is 24.3 Å². The molecule has 0 aliphatic heterocycles. The molecule has 0 spiro atoms. The highest BCUT2D eigenvalue weighted by Gasteiger charge is 2.37. The summed E-state index contributed by atoms with van der Waals surface area (Å²) < 4.78 is 5.31. The molecule has 200 valence electrons. The van der Waals surface area contributed by atoms with Crippen molar-refractivity contribution in [2.75, 3.05) is 13.1 Å². The molecule has 0 aliphatic rings.